The summed E-state index contributed by atoms with van der Waals surface area (Å²) >= 11 is 0. The zero-order valence-electron chi connectivity index (χ0n) is 13.8. The van der Waals surface area contributed by atoms with Gasteiger partial charge in [-0.2, -0.15) is 0 Å². The Morgan fingerprint density at radius 3 is 1.23 bits per heavy atom. The van der Waals surface area contributed by atoms with E-state index in [1.165, 1.54) is 0 Å². The van der Waals surface area contributed by atoms with Gasteiger partial charge in [-0.1, -0.05) is 0 Å². The average molecular weight is 318 g/mol. The Morgan fingerprint density at radius 1 is 0.818 bits per heavy atom. The van der Waals surface area contributed by atoms with Crippen LogP contribution in [0.4, 0.5) is 9.59 Å². The third-order valence-corrected chi connectivity index (χ3v) is 1.25. The van der Waals surface area contributed by atoms with Crippen molar-refractivity contribution >= 4 is 24.1 Å². The zero-order chi connectivity index (χ0) is 18.1. The molecule has 22 heavy (non-hydrogen) atoms. The van der Waals surface area contributed by atoms with Gasteiger partial charge in [0.1, 0.15) is 11.2 Å². The highest BCUT2D eigenvalue weighted by Crippen LogP contribution is 2.07. The number of ether oxygens (including phenoxy) is 2. The Morgan fingerprint density at radius 2 is 1.05 bits per heavy atom. The molecule has 2 amide bonds. The van der Waals surface area contributed by atoms with Crippen LogP contribution in [0.1, 0.15) is 41.5 Å². The van der Waals surface area contributed by atoms with E-state index in [0.717, 1.165) is 0 Å². The fourth-order valence-electron chi connectivity index (χ4n) is 0.843. The molecule has 0 saturated carbocycles. The van der Waals surface area contributed by atoms with E-state index in [9.17, 15) is 9.59 Å². The molecule has 128 valence electrons. The van der Waals surface area contributed by atoms with Crippen LogP contribution in [0.25, 0.3) is 0 Å². The lowest BCUT2D eigenvalue weighted by Crippen LogP contribution is -2.46. The van der Waals surface area contributed by atoms with Gasteiger partial charge in [0.15, 0.2) is 5.96 Å². The van der Waals surface area contributed by atoms with Crippen molar-refractivity contribution < 1.29 is 19.1 Å². The van der Waals surface area contributed by atoms with E-state index in [4.69, 9.17) is 20.3 Å². The minimum atomic E-state index is -0.816. The second-order valence-corrected chi connectivity index (χ2v) is 6.08. The van der Waals surface area contributed by atoms with Crippen LogP contribution >= 0.6 is 0 Å². The number of carbonyl (C=O) groups is 2. The highest BCUT2D eigenvalue weighted by molar-refractivity contribution is 5.99. The summed E-state index contributed by atoms with van der Waals surface area (Å²) < 4.78 is 9.82. The fraction of sp³-hybridized carbons (Fsp3) is 0.667. The Balaban J connectivity index is 0. The van der Waals surface area contributed by atoms with Gasteiger partial charge in [0.25, 0.3) is 0 Å². The SMILES string of the molecule is CC(C)(C)OC(=O)NC(=N)NC(=O)OC(C)(C)C.N=C(N)N. The van der Waals surface area contributed by atoms with E-state index in [1.54, 1.807) is 41.5 Å². The van der Waals surface area contributed by atoms with Crippen LogP contribution < -0.4 is 22.1 Å². The number of guanidine groups is 2. The van der Waals surface area contributed by atoms with E-state index in [0.29, 0.717) is 0 Å². The van der Waals surface area contributed by atoms with Crippen LogP contribution in [0.2, 0.25) is 0 Å². The molecule has 0 saturated heterocycles. The molecular weight excluding hydrogens is 292 g/mol. The quantitative estimate of drug-likeness (QED) is 0.284. The lowest BCUT2D eigenvalue weighted by atomic mass is 10.2. The van der Waals surface area contributed by atoms with E-state index in [1.807, 2.05) is 0 Å². The molecule has 0 fully saturated rings. The highest BCUT2D eigenvalue weighted by atomic mass is 16.6. The standard InChI is InChI=1S/C11H21N3O4.CH5N3/c1-10(2,3)17-8(15)13-7(12)14-9(16)18-11(4,5)6;2-1(3)4/h1-6H3,(H3,12,13,14,15,16);(H5,2,3,4). The Hall–Kier alpha value is -2.52. The Kier molecular flexibility index (Phi) is 8.61. The summed E-state index contributed by atoms with van der Waals surface area (Å²) in [6, 6.07) is 0. The highest BCUT2D eigenvalue weighted by Gasteiger charge is 2.20. The summed E-state index contributed by atoms with van der Waals surface area (Å²) in [5.41, 5.74) is 7.60. The van der Waals surface area contributed by atoms with Crippen molar-refractivity contribution in [3.05, 3.63) is 0 Å². The van der Waals surface area contributed by atoms with Crippen molar-refractivity contribution in [2.45, 2.75) is 52.7 Å². The van der Waals surface area contributed by atoms with Gasteiger partial charge in [0, 0.05) is 0 Å². The van der Waals surface area contributed by atoms with Crippen LogP contribution in [-0.4, -0.2) is 35.3 Å². The summed E-state index contributed by atoms with van der Waals surface area (Å²) in [7, 11) is 0. The van der Waals surface area contributed by atoms with Crippen LogP contribution in [-0.2, 0) is 9.47 Å². The predicted molar refractivity (Wildman–Crippen MR) is 82.6 cm³/mol. The van der Waals surface area contributed by atoms with Gasteiger partial charge < -0.3 is 20.9 Å². The van der Waals surface area contributed by atoms with Crippen LogP contribution in [0.3, 0.4) is 0 Å². The van der Waals surface area contributed by atoms with Crippen molar-refractivity contribution in [1.82, 2.24) is 10.6 Å². The first kappa shape index (κ1) is 21.8. The summed E-state index contributed by atoms with van der Waals surface area (Å²) in [5, 5.41) is 17.5. The lowest BCUT2D eigenvalue weighted by molar-refractivity contribution is 0.0544. The molecule has 0 aliphatic heterocycles. The molecule has 0 unspecified atom stereocenters. The molecule has 0 aromatic heterocycles. The molecule has 0 aliphatic carbocycles. The third kappa shape index (κ3) is 19.8. The summed E-state index contributed by atoms with van der Waals surface area (Å²) in [6.45, 7) is 10.2. The molecule has 0 bridgehead atoms. The molecule has 10 heteroatoms. The van der Waals surface area contributed by atoms with Crippen LogP contribution in [0, 0.1) is 10.8 Å². The maximum Gasteiger partial charge on any atom is 0.414 e. The van der Waals surface area contributed by atoms with E-state index in [-0.39, 0.29) is 5.96 Å². The molecule has 0 heterocycles. The molecular formula is C12H26N6O4. The number of amides is 2. The first-order chi connectivity index (χ1) is 9.62. The van der Waals surface area contributed by atoms with Gasteiger partial charge in [-0.15, -0.1) is 0 Å². The molecule has 8 N–H and O–H groups in total. The first-order valence-electron chi connectivity index (χ1n) is 6.30. The van der Waals surface area contributed by atoms with Crippen molar-refractivity contribution in [2.24, 2.45) is 11.5 Å². The lowest BCUT2D eigenvalue weighted by Gasteiger charge is -2.21. The summed E-state index contributed by atoms with van der Waals surface area (Å²) in [4.78, 5) is 22.5. The largest absolute Gasteiger partial charge is 0.444 e. The van der Waals surface area contributed by atoms with Crippen LogP contribution in [0.5, 0.6) is 0 Å². The molecule has 0 spiro atoms. The zero-order valence-corrected chi connectivity index (χ0v) is 13.8. The molecule has 0 atom stereocenters. The van der Waals surface area contributed by atoms with Gasteiger partial charge in [-0.25, -0.2) is 9.59 Å². The fourth-order valence-corrected chi connectivity index (χ4v) is 0.843. The number of rotatable bonds is 0. The topological polar surface area (TPSA) is 176 Å². The van der Waals surface area contributed by atoms with E-state index < -0.39 is 29.3 Å². The minimum absolute atomic E-state index is 0.333. The van der Waals surface area contributed by atoms with Crippen molar-refractivity contribution in [3.63, 3.8) is 0 Å². The molecule has 0 aromatic carbocycles. The number of alkyl carbamates (subject to hydrolysis) is 2. The summed E-state index contributed by atoms with van der Waals surface area (Å²) in [6.07, 6.45) is -1.63. The number of carbonyl (C=O) groups excluding carboxylic acids is 2. The van der Waals surface area contributed by atoms with Crippen LogP contribution in [0.15, 0.2) is 0 Å². The van der Waals surface area contributed by atoms with Gasteiger partial charge in [0.2, 0.25) is 5.96 Å². The molecule has 0 aromatic rings. The second-order valence-electron chi connectivity index (χ2n) is 6.08. The van der Waals surface area contributed by atoms with E-state index >= 15 is 0 Å². The van der Waals surface area contributed by atoms with Gasteiger partial charge in [0.05, 0.1) is 0 Å². The monoisotopic (exact) mass is 318 g/mol. The molecule has 0 rings (SSSR count). The number of hydrogen-bond acceptors (Lipinski definition) is 6. The Labute approximate surface area is 129 Å². The number of nitrogens with one attached hydrogen (secondary N) is 4. The third-order valence-electron chi connectivity index (χ3n) is 1.25. The average Bonchev–Trinajstić information content (AvgIpc) is 2.07. The van der Waals surface area contributed by atoms with Gasteiger partial charge >= 0.3 is 12.2 Å². The smallest absolute Gasteiger partial charge is 0.414 e. The molecule has 10 nitrogen and oxygen atoms in total. The van der Waals surface area contributed by atoms with Crippen molar-refractivity contribution in [1.29, 1.82) is 10.8 Å². The van der Waals surface area contributed by atoms with Crippen molar-refractivity contribution in [2.75, 3.05) is 0 Å². The maximum atomic E-state index is 11.3. The van der Waals surface area contributed by atoms with Gasteiger partial charge in [-0.3, -0.25) is 21.5 Å². The second kappa shape index (κ2) is 8.70. The predicted octanol–water partition coefficient (Wildman–Crippen LogP) is 0.809. The maximum absolute atomic E-state index is 11.3. The van der Waals surface area contributed by atoms with Gasteiger partial charge in [-0.05, 0) is 41.5 Å². The molecule has 0 radical (unpaired) electrons. The number of hydrogen-bond donors (Lipinski definition) is 6. The summed E-state index contributed by atoms with van der Waals surface area (Å²) in [5.74, 6) is -0.835. The van der Waals surface area contributed by atoms with Crippen molar-refractivity contribution in [3.8, 4) is 0 Å². The minimum Gasteiger partial charge on any atom is -0.444 e. The Bertz CT molecular complexity index is 386. The van der Waals surface area contributed by atoms with E-state index in [2.05, 4.69) is 22.1 Å². The number of nitrogens with two attached hydrogens (primary N) is 2. The molecule has 0 aliphatic rings. The normalized spacial score (nSPS) is 10.5. The first-order valence-corrected chi connectivity index (χ1v) is 6.30.